The van der Waals surface area contributed by atoms with Crippen LogP contribution in [0.1, 0.15) is 45.4 Å². The van der Waals surface area contributed by atoms with Gasteiger partial charge in [0, 0.05) is 17.5 Å². The Morgan fingerprint density at radius 3 is 2.58 bits per heavy atom. The molecule has 1 aromatic rings. The van der Waals surface area contributed by atoms with Gasteiger partial charge in [0.15, 0.2) is 0 Å². The molecule has 110 valence electrons. The second-order valence-electron chi connectivity index (χ2n) is 5.95. The molecule has 0 aliphatic carbocycles. The zero-order chi connectivity index (χ0) is 14.1. The van der Waals surface area contributed by atoms with Crippen LogP contribution in [-0.2, 0) is 6.54 Å². The fourth-order valence-electron chi connectivity index (χ4n) is 2.08. The minimum absolute atomic E-state index is 0.630. The fraction of sp³-hybridized carbons (Fsp3) is 0.750. The molecule has 3 heteroatoms. The molecule has 0 radical (unpaired) electrons. The molecule has 0 fully saturated rings. The quantitative estimate of drug-likeness (QED) is 0.653. The van der Waals surface area contributed by atoms with Gasteiger partial charge in [0.05, 0.1) is 0 Å². The molecule has 0 aliphatic heterocycles. The van der Waals surface area contributed by atoms with Crippen molar-refractivity contribution in [3.63, 3.8) is 0 Å². The summed E-state index contributed by atoms with van der Waals surface area (Å²) >= 11 is 1.87. The van der Waals surface area contributed by atoms with Crippen LogP contribution in [0.5, 0.6) is 0 Å². The van der Waals surface area contributed by atoms with E-state index in [-0.39, 0.29) is 0 Å². The predicted octanol–water partition coefficient (Wildman–Crippen LogP) is 3.98. The summed E-state index contributed by atoms with van der Waals surface area (Å²) in [4.78, 5) is 4.06. The van der Waals surface area contributed by atoms with E-state index in [1.165, 1.54) is 24.3 Å². The molecule has 0 amide bonds. The van der Waals surface area contributed by atoms with Crippen molar-refractivity contribution in [2.75, 3.05) is 19.6 Å². The molecule has 0 bridgehead atoms. The summed E-state index contributed by atoms with van der Waals surface area (Å²) in [6.45, 7) is 13.7. The lowest BCUT2D eigenvalue weighted by atomic mass is 10.2. The summed E-state index contributed by atoms with van der Waals surface area (Å²) in [7, 11) is 0. The Morgan fingerprint density at radius 1 is 1.21 bits per heavy atom. The first-order valence-electron chi connectivity index (χ1n) is 7.56. The van der Waals surface area contributed by atoms with E-state index in [1.54, 1.807) is 0 Å². The van der Waals surface area contributed by atoms with Gasteiger partial charge in [-0.15, -0.1) is 11.3 Å². The highest BCUT2D eigenvalue weighted by Crippen LogP contribution is 2.14. The van der Waals surface area contributed by atoms with Gasteiger partial charge in [-0.3, -0.25) is 4.90 Å². The van der Waals surface area contributed by atoms with Crippen LogP contribution < -0.4 is 5.32 Å². The van der Waals surface area contributed by atoms with Crippen molar-refractivity contribution in [1.29, 1.82) is 0 Å². The Morgan fingerprint density at radius 2 is 2.00 bits per heavy atom. The largest absolute Gasteiger partial charge is 0.316 e. The summed E-state index contributed by atoms with van der Waals surface area (Å²) in [5.74, 6) is 0.756. The summed E-state index contributed by atoms with van der Waals surface area (Å²) in [6.07, 6.45) is 2.56. The van der Waals surface area contributed by atoms with Crippen molar-refractivity contribution in [3.05, 3.63) is 22.4 Å². The maximum Gasteiger partial charge on any atom is 0.0330 e. The lowest BCUT2D eigenvalue weighted by Gasteiger charge is -2.25. The lowest BCUT2D eigenvalue weighted by Crippen LogP contribution is -2.31. The molecule has 19 heavy (non-hydrogen) atoms. The second kappa shape index (κ2) is 9.51. The van der Waals surface area contributed by atoms with Gasteiger partial charge in [-0.25, -0.2) is 0 Å². The van der Waals surface area contributed by atoms with Gasteiger partial charge in [0.1, 0.15) is 0 Å². The Balaban J connectivity index is 2.16. The first-order chi connectivity index (χ1) is 9.09. The Hall–Kier alpha value is -0.380. The van der Waals surface area contributed by atoms with Gasteiger partial charge in [0.2, 0.25) is 0 Å². The fourth-order valence-corrected chi connectivity index (χ4v) is 2.81. The third-order valence-corrected chi connectivity index (χ3v) is 4.13. The van der Waals surface area contributed by atoms with Gasteiger partial charge >= 0.3 is 0 Å². The Bertz CT molecular complexity index is 307. The van der Waals surface area contributed by atoms with Crippen molar-refractivity contribution in [2.45, 2.75) is 53.1 Å². The average molecular weight is 282 g/mol. The van der Waals surface area contributed by atoms with Gasteiger partial charge < -0.3 is 5.32 Å². The van der Waals surface area contributed by atoms with E-state index in [1.807, 2.05) is 11.3 Å². The molecule has 1 heterocycles. The van der Waals surface area contributed by atoms with E-state index < -0.39 is 0 Å². The number of hydrogen-bond acceptors (Lipinski definition) is 3. The van der Waals surface area contributed by atoms with Crippen LogP contribution in [0.25, 0.3) is 0 Å². The molecule has 0 spiro atoms. The van der Waals surface area contributed by atoms with Crippen molar-refractivity contribution in [2.24, 2.45) is 5.92 Å². The van der Waals surface area contributed by atoms with Gasteiger partial charge in [-0.05, 0) is 63.7 Å². The zero-order valence-corrected chi connectivity index (χ0v) is 13.8. The number of rotatable bonds is 10. The van der Waals surface area contributed by atoms with E-state index in [2.05, 4.69) is 55.4 Å². The molecule has 1 rings (SSSR count). The molecule has 1 N–H and O–H groups in total. The van der Waals surface area contributed by atoms with Crippen LogP contribution in [0.4, 0.5) is 0 Å². The Labute approximate surface area is 123 Å². The summed E-state index contributed by atoms with van der Waals surface area (Å²) in [5, 5.41) is 5.69. The number of unbranched alkanes of at least 4 members (excludes halogenated alkanes) is 1. The highest BCUT2D eigenvalue weighted by molar-refractivity contribution is 7.09. The average Bonchev–Trinajstić information content (AvgIpc) is 2.84. The Kier molecular flexibility index (Phi) is 8.35. The third kappa shape index (κ3) is 7.71. The summed E-state index contributed by atoms with van der Waals surface area (Å²) in [5.41, 5.74) is 0. The number of nitrogens with one attached hydrogen (secondary N) is 1. The van der Waals surface area contributed by atoms with E-state index >= 15 is 0 Å². The summed E-state index contributed by atoms with van der Waals surface area (Å²) < 4.78 is 0. The van der Waals surface area contributed by atoms with Crippen LogP contribution in [0, 0.1) is 5.92 Å². The second-order valence-corrected chi connectivity index (χ2v) is 6.98. The molecule has 0 unspecified atom stereocenters. The van der Waals surface area contributed by atoms with Gasteiger partial charge in [-0.1, -0.05) is 19.9 Å². The van der Waals surface area contributed by atoms with E-state index in [9.17, 15) is 0 Å². The van der Waals surface area contributed by atoms with Crippen molar-refractivity contribution in [3.8, 4) is 0 Å². The molecule has 0 aromatic carbocycles. The maximum atomic E-state index is 3.52. The van der Waals surface area contributed by atoms with Gasteiger partial charge in [-0.2, -0.15) is 0 Å². The lowest BCUT2D eigenvalue weighted by molar-refractivity contribution is 0.210. The number of nitrogens with zero attached hydrogens (tertiary/aromatic N) is 1. The first kappa shape index (κ1) is 16.7. The van der Waals surface area contributed by atoms with Crippen LogP contribution in [0.2, 0.25) is 0 Å². The molecular weight excluding hydrogens is 252 g/mol. The van der Waals surface area contributed by atoms with Crippen molar-refractivity contribution < 1.29 is 0 Å². The molecule has 2 nitrogen and oxygen atoms in total. The van der Waals surface area contributed by atoms with Gasteiger partial charge in [0.25, 0.3) is 0 Å². The maximum absolute atomic E-state index is 3.52. The van der Waals surface area contributed by atoms with E-state index in [4.69, 9.17) is 0 Å². The molecule has 0 aliphatic rings. The first-order valence-corrected chi connectivity index (χ1v) is 8.44. The van der Waals surface area contributed by atoms with E-state index in [0.29, 0.717) is 6.04 Å². The number of thiophene rings is 1. The normalized spacial score (nSPS) is 11.9. The SMILES string of the molecule is CC(C)CNCCCCN(Cc1cccs1)C(C)C. The molecular formula is C16H30N2S. The molecule has 0 saturated carbocycles. The van der Waals surface area contributed by atoms with Crippen molar-refractivity contribution in [1.82, 2.24) is 10.2 Å². The van der Waals surface area contributed by atoms with Crippen LogP contribution >= 0.6 is 11.3 Å². The monoisotopic (exact) mass is 282 g/mol. The predicted molar refractivity (Wildman–Crippen MR) is 86.8 cm³/mol. The molecule has 0 saturated heterocycles. The van der Waals surface area contributed by atoms with E-state index in [0.717, 1.165) is 25.6 Å². The third-order valence-electron chi connectivity index (χ3n) is 3.27. The minimum Gasteiger partial charge on any atom is -0.316 e. The van der Waals surface area contributed by atoms with Crippen molar-refractivity contribution >= 4 is 11.3 Å². The topological polar surface area (TPSA) is 15.3 Å². The van der Waals surface area contributed by atoms with Crippen LogP contribution in [-0.4, -0.2) is 30.6 Å². The minimum atomic E-state index is 0.630. The smallest absolute Gasteiger partial charge is 0.0330 e. The zero-order valence-electron chi connectivity index (χ0n) is 13.0. The van der Waals surface area contributed by atoms with Crippen LogP contribution in [0.3, 0.4) is 0 Å². The standard InChI is InChI=1S/C16H30N2S/c1-14(2)12-17-9-5-6-10-18(15(3)4)13-16-8-7-11-19-16/h7-8,11,14-15,17H,5-6,9-10,12-13H2,1-4H3. The molecule has 1 aromatic heterocycles. The highest BCUT2D eigenvalue weighted by atomic mass is 32.1. The highest BCUT2D eigenvalue weighted by Gasteiger charge is 2.10. The van der Waals surface area contributed by atoms with Crippen LogP contribution in [0.15, 0.2) is 17.5 Å². The molecule has 0 atom stereocenters. The number of hydrogen-bond donors (Lipinski definition) is 1. The summed E-state index contributed by atoms with van der Waals surface area (Å²) in [6, 6.07) is 5.02.